The van der Waals surface area contributed by atoms with Crippen molar-refractivity contribution in [1.82, 2.24) is 19.8 Å². The van der Waals surface area contributed by atoms with E-state index in [1.54, 1.807) is 25.4 Å². The summed E-state index contributed by atoms with van der Waals surface area (Å²) < 4.78 is 0. The summed E-state index contributed by atoms with van der Waals surface area (Å²) in [7, 11) is 0. The van der Waals surface area contributed by atoms with Gasteiger partial charge in [0, 0.05) is 36.8 Å². The van der Waals surface area contributed by atoms with Crippen LogP contribution in [0.3, 0.4) is 0 Å². The van der Waals surface area contributed by atoms with Gasteiger partial charge in [-0.25, -0.2) is 9.97 Å². The first-order valence-electron chi connectivity index (χ1n) is 10.9. The minimum atomic E-state index is -0.0987. The van der Waals surface area contributed by atoms with Crippen LogP contribution < -0.4 is 0 Å². The van der Waals surface area contributed by atoms with E-state index in [0.29, 0.717) is 0 Å². The molecule has 0 unspecified atom stereocenters. The first kappa shape index (κ1) is 19.2. The Balaban J connectivity index is 1.59. The molecule has 0 spiro atoms. The van der Waals surface area contributed by atoms with Gasteiger partial charge in [-0.3, -0.25) is 9.59 Å². The van der Waals surface area contributed by atoms with Gasteiger partial charge in [-0.1, -0.05) is 37.3 Å². The van der Waals surface area contributed by atoms with E-state index in [2.05, 4.69) is 38.8 Å². The quantitative estimate of drug-likeness (QED) is 0.789. The van der Waals surface area contributed by atoms with Crippen molar-refractivity contribution in [1.29, 1.82) is 0 Å². The zero-order chi connectivity index (χ0) is 20.9. The highest BCUT2D eigenvalue weighted by molar-refractivity contribution is 5.91. The molecule has 1 aromatic heterocycles. The standard InChI is InChI=1S/C24H28N4O2/c1-16(29)27-18(14-17-8-4-3-5-9-17)19-15-24(2)20(27)10-6-11-21(24)28(19)23(30)22-25-12-7-13-26-22/h3-5,7-9,12-13,18-21H,6,10-11,14-15H2,1-2H3/t18-,19+,20-,21+,24-/m1/s1. The van der Waals surface area contributed by atoms with E-state index in [0.717, 1.165) is 32.1 Å². The van der Waals surface area contributed by atoms with Crippen LogP contribution >= 0.6 is 0 Å². The van der Waals surface area contributed by atoms with Crippen molar-refractivity contribution >= 4 is 11.8 Å². The molecule has 2 bridgehead atoms. The average molecular weight is 405 g/mol. The SMILES string of the molecule is CC(=O)N1[C@H](Cc2ccccc2)[C@@H]2C[C@@]3(C)[C@H](CCC[C@@H]13)N2C(=O)c1ncccn1. The van der Waals surface area contributed by atoms with E-state index >= 15 is 0 Å². The third kappa shape index (κ3) is 2.84. The Kier molecular flexibility index (Phi) is 4.60. The highest BCUT2D eigenvalue weighted by atomic mass is 16.2. The molecule has 30 heavy (non-hydrogen) atoms. The fourth-order valence-corrected chi connectivity index (χ4v) is 6.45. The maximum Gasteiger partial charge on any atom is 0.292 e. The maximum atomic E-state index is 13.6. The number of aromatic nitrogens is 2. The van der Waals surface area contributed by atoms with Crippen molar-refractivity contribution in [2.75, 3.05) is 0 Å². The van der Waals surface area contributed by atoms with Crippen LogP contribution in [0.25, 0.3) is 0 Å². The largest absolute Gasteiger partial charge is 0.334 e. The van der Waals surface area contributed by atoms with Crippen LogP contribution in [0.15, 0.2) is 48.8 Å². The van der Waals surface area contributed by atoms with Crippen molar-refractivity contribution < 1.29 is 9.59 Å². The number of likely N-dealkylation sites (tertiary alicyclic amines) is 2. The molecule has 3 aliphatic rings. The van der Waals surface area contributed by atoms with Gasteiger partial charge in [0.2, 0.25) is 11.7 Å². The molecule has 2 aliphatic heterocycles. The van der Waals surface area contributed by atoms with Gasteiger partial charge >= 0.3 is 0 Å². The zero-order valence-corrected chi connectivity index (χ0v) is 17.6. The smallest absolute Gasteiger partial charge is 0.292 e. The average Bonchev–Trinajstić information content (AvgIpc) is 3.07. The third-order valence-corrected chi connectivity index (χ3v) is 7.60. The summed E-state index contributed by atoms with van der Waals surface area (Å²) in [5.74, 6) is 0.268. The summed E-state index contributed by atoms with van der Waals surface area (Å²) in [5, 5.41) is 0. The van der Waals surface area contributed by atoms with E-state index in [1.165, 1.54) is 5.56 Å². The molecule has 3 heterocycles. The van der Waals surface area contributed by atoms with Crippen LogP contribution in [0.5, 0.6) is 0 Å². The summed E-state index contributed by atoms with van der Waals surface area (Å²) in [5.41, 5.74) is 1.12. The molecular weight excluding hydrogens is 376 g/mol. The predicted octanol–water partition coefficient (Wildman–Crippen LogP) is 3.09. The summed E-state index contributed by atoms with van der Waals surface area (Å²) >= 11 is 0. The predicted molar refractivity (Wildman–Crippen MR) is 113 cm³/mol. The summed E-state index contributed by atoms with van der Waals surface area (Å²) in [4.78, 5) is 39.2. The first-order valence-corrected chi connectivity index (χ1v) is 10.9. The lowest BCUT2D eigenvalue weighted by Crippen LogP contribution is -2.62. The minimum Gasteiger partial charge on any atom is -0.334 e. The lowest BCUT2D eigenvalue weighted by molar-refractivity contribution is -0.142. The third-order valence-electron chi connectivity index (χ3n) is 7.60. The molecule has 1 saturated carbocycles. The van der Waals surface area contributed by atoms with Crippen molar-refractivity contribution in [3.05, 3.63) is 60.2 Å². The fraction of sp³-hybridized carbons (Fsp3) is 0.500. The van der Waals surface area contributed by atoms with Gasteiger partial charge in [0.25, 0.3) is 5.91 Å². The van der Waals surface area contributed by atoms with E-state index < -0.39 is 0 Å². The Morgan fingerprint density at radius 1 is 1.03 bits per heavy atom. The minimum absolute atomic E-state index is 0.0187. The second-order valence-electron chi connectivity index (χ2n) is 9.21. The van der Waals surface area contributed by atoms with E-state index in [-0.39, 0.29) is 47.2 Å². The van der Waals surface area contributed by atoms with Crippen molar-refractivity contribution in [3.63, 3.8) is 0 Å². The normalized spacial score (nSPS) is 32.2. The van der Waals surface area contributed by atoms with Crippen LogP contribution in [0.4, 0.5) is 0 Å². The van der Waals surface area contributed by atoms with Crippen LogP contribution in [-0.4, -0.2) is 55.7 Å². The molecule has 3 fully saturated rings. The number of benzene rings is 1. The number of carbonyl (C=O) groups excluding carboxylic acids is 2. The number of hydrogen-bond acceptors (Lipinski definition) is 4. The van der Waals surface area contributed by atoms with Crippen LogP contribution in [0.1, 0.15) is 55.7 Å². The van der Waals surface area contributed by atoms with E-state index in [9.17, 15) is 9.59 Å². The van der Waals surface area contributed by atoms with Crippen molar-refractivity contribution in [2.24, 2.45) is 5.41 Å². The highest BCUT2D eigenvalue weighted by Crippen LogP contribution is 2.56. The fourth-order valence-electron chi connectivity index (χ4n) is 6.45. The number of carbonyl (C=O) groups is 2. The van der Waals surface area contributed by atoms with Crippen LogP contribution in [0.2, 0.25) is 0 Å². The van der Waals surface area contributed by atoms with Gasteiger partial charge in [-0.2, -0.15) is 0 Å². The van der Waals surface area contributed by atoms with Gasteiger partial charge < -0.3 is 9.80 Å². The molecule has 5 rings (SSSR count). The Hall–Kier alpha value is -2.76. The highest BCUT2D eigenvalue weighted by Gasteiger charge is 2.64. The van der Waals surface area contributed by atoms with Crippen molar-refractivity contribution in [3.8, 4) is 0 Å². The Bertz CT molecular complexity index is 950. The molecule has 5 atom stereocenters. The van der Waals surface area contributed by atoms with E-state index in [4.69, 9.17) is 0 Å². The number of amides is 2. The van der Waals surface area contributed by atoms with Crippen LogP contribution in [-0.2, 0) is 11.2 Å². The Morgan fingerprint density at radius 3 is 2.37 bits per heavy atom. The zero-order valence-electron chi connectivity index (χ0n) is 17.6. The second-order valence-corrected chi connectivity index (χ2v) is 9.21. The molecular formula is C24H28N4O2. The molecule has 2 aromatic rings. The summed E-state index contributed by atoms with van der Waals surface area (Å²) in [6, 6.07) is 12.3. The molecule has 6 nitrogen and oxygen atoms in total. The Labute approximate surface area is 177 Å². The molecule has 2 amide bonds. The number of rotatable bonds is 3. The maximum absolute atomic E-state index is 13.6. The molecule has 1 aromatic carbocycles. The Morgan fingerprint density at radius 2 is 1.70 bits per heavy atom. The van der Waals surface area contributed by atoms with Gasteiger partial charge in [0.05, 0.1) is 12.1 Å². The van der Waals surface area contributed by atoms with Crippen molar-refractivity contribution in [2.45, 2.75) is 70.1 Å². The lowest BCUT2D eigenvalue weighted by atomic mass is 9.64. The number of nitrogens with zero attached hydrogens (tertiary/aromatic N) is 4. The van der Waals surface area contributed by atoms with Crippen LogP contribution in [0, 0.1) is 5.41 Å². The van der Waals surface area contributed by atoms with Gasteiger partial charge in [-0.05, 0) is 43.7 Å². The molecule has 2 saturated heterocycles. The lowest BCUT2D eigenvalue weighted by Gasteiger charge is -2.52. The molecule has 0 N–H and O–H groups in total. The second kappa shape index (κ2) is 7.18. The van der Waals surface area contributed by atoms with Gasteiger partial charge in [0.1, 0.15) is 0 Å². The topological polar surface area (TPSA) is 66.4 Å². The van der Waals surface area contributed by atoms with Gasteiger partial charge in [-0.15, -0.1) is 0 Å². The summed E-state index contributed by atoms with van der Waals surface area (Å²) in [6.07, 6.45) is 7.94. The molecule has 6 heteroatoms. The molecule has 0 radical (unpaired) electrons. The molecule has 156 valence electrons. The number of hydrogen-bond donors (Lipinski definition) is 0. The number of fused-ring (bicyclic) bond motifs is 1. The van der Waals surface area contributed by atoms with E-state index in [1.807, 2.05) is 18.2 Å². The first-order chi connectivity index (χ1) is 14.5. The summed E-state index contributed by atoms with van der Waals surface area (Å²) in [6.45, 7) is 3.96. The monoisotopic (exact) mass is 404 g/mol. The van der Waals surface area contributed by atoms with Gasteiger partial charge in [0.15, 0.2) is 0 Å². The number of piperidine rings is 1. The molecule has 1 aliphatic carbocycles.